The molecule has 4 aliphatic carbocycles. The molecule has 3 aliphatic heterocycles. The third-order valence-electron chi connectivity index (χ3n) is 18.8. The molecule has 21 nitrogen and oxygen atoms in total. The van der Waals surface area contributed by atoms with Crippen molar-refractivity contribution in [2.45, 2.75) is 222 Å². The molecule has 14 N–H and O–H groups in total. The SMILES string of the molecule is CC(C)(/C=C/C[C@](C)(O[C@@H]1O[C@H](CO)[C@@H](O)[C@H](O)[C@H]1O)[C@H]1CC[C@]2(C)[C@@H]1[C@H](O)C[C@@H]1[C@@]3(C)C[C@@H](O)[C@H](O[C@@H]4O[C@H](CO)[C@@H](O)[C@H](O)[C@H]4O[C@@H]4O[C@H](CO)[C@@H](O)[C@H](O)[C@H]4O)C(C)(C)C3CC[C@]12C)OO. The number of aliphatic hydroxyl groups excluding tert-OH is 13. The van der Waals surface area contributed by atoms with E-state index in [-0.39, 0.29) is 36.5 Å². The van der Waals surface area contributed by atoms with Crippen molar-refractivity contribution in [3.8, 4) is 0 Å². The van der Waals surface area contributed by atoms with Crippen molar-refractivity contribution in [2.24, 2.45) is 45.3 Å². The van der Waals surface area contributed by atoms with Crippen LogP contribution in [0.4, 0.5) is 0 Å². The summed E-state index contributed by atoms with van der Waals surface area (Å²) in [5, 5.41) is 151. The van der Waals surface area contributed by atoms with Crippen molar-refractivity contribution in [3.63, 3.8) is 0 Å². The molecule has 4 saturated carbocycles. The van der Waals surface area contributed by atoms with Crippen LogP contribution in [-0.2, 0) is 33.3 Å². The fourth-order valence-electron chi connectivity index (χ4n) is 14.9. The lowest BCUT2D eigenvalue weighted by molar-refractivity contribution is -0.383. The molecule has 26 atom stereocenters. The van der Waals surface area contributed by atoms with Gasteiger partial charge >= 0.3 is 0 Å². The highest BCUT2D eigenvalue weighted by molar-refractivity contribution is 5.21. The van der Waals surface area contributed by atoms with Gasteiger partial charge in [-0.2, -0.15) is 0 Å². The second-order valence-corrected chi connectivity index (χ2v) is 23.5. The Morgan fingerprint density at radius 2 is 1.12 bits per heavy atom. The van der Waals surface area contributed by atoms with Gasteiger partial charge in [0.2, 0.25) is 0 Å². The summed E-state index contributed by atoms with van der Waals surface area (Å²) >= 11 is 0. The summed E-state index contributed by atoms with van der Waals surface area (Å²) in [7, 11) is 0. The molecule has 7 aliphatic rings. The maximum absolute atomic E-state index is 12.7. The molecule has 1 unspecified atom stereocenters. The van der Waals surface area contributed by atoms with Crippen LogP contribution in [0.1, 0.15) is 100 Å². The van der Waals surface area contributed by atoms with Gasteiger partial charge in [0.25, 0.3) is 0 Å². The quantitative estimate of drug-likeness (QED) is 0.0404. The Hall–Kier alpha value is -1.10. The third-order valence-corrected chi connectivity index (χ3v) is 18.8. The predicted octanol–water partition coefficient (Wildman–Crippen LogP) is -1.59. The first-order valence-electron chi connectivity index (χ1n) is 24.7. The number of hydrogen-bond donors (Lipinski definition) is 14. The lowest BCUT2D eigenvalue weighted by Gasteiger charge is -2.71. The van der Waals surface area contributed by atoms with E-state index in [1.165, 1.54) is 0 Å². The van der Waals surface area contributed by atoms with Gasteiger partial charge < -0.3 is 94.8 Å². The molecule has 0 bridgehead atoms. The van der Waals surface area contributed by atoms with E-state index in [2.05, 4.69) is 25.7 Å². The van der Waals surface area contributed by atoms with Gasteiger partial charge in [0.15, 0.2) is 18.9 Å². The van der Waals surface area contributed by atoms with Gasteiger partial charge in [0.1, 0.15) is 78.8 Å². The fourth-order valence-corrected chi connectivity index (χ4v) is 14.9. The third kappa shape index (κ3) is 9.43. The molecule has 0 aromatic heterocycles. The van der Waals surface area contributed by atoms with E-state index in [9.17, 15) is 71.6 Å². The average Bonchev–Trinajstić information content (AvgIpc) is 3.68. The standard InChI is InChI=1S/C48H82O21/c1-43(2,69-62)12-9-13-48(8,68-41-37(61)34(58)31(55)25(19-50)64-41)21-10-14-47(7)29(21)22(52)16-28-45(5)17-23(53)39(44(3,4)27(45)11-15-46(28,47)6)67-42-38(35(59)32(56)26(20-51)65-42)66-40-36(60)33(57)30(54)24(18-49)63-40/h9,12,21-42,49-62H,10-11,13-20H2,1-8H3/b12-9+/t21-,22+,23+,24+,25+,26+,27?,28+,29-,30+,31+,32+,33-,34-,35-,36+,37+,38+,39-,40-,41-,42-,45-,46+,47+,48-/m0/s1. The minimum atomic E-state index is -1.86. The Morgan fingerprint density at radius 1 is 0.594 bits per heavy atom. The van der Waals surface area contributed by atoms with E-state index in [0.717, 1.165) is 6.42 Å². The zero-order chi connectivity index (χ0) is 51.1. The van der Waals surface area contributed by atoms with Crippen LogP contribution in [0.25, 0.3) is 0 Å². The number of aliphatic hydroxyl groups is 13. The van der Waals surface area contributed by atoms with Crippen molar-refractivity contribution in [3.05, 3.63) is 12.2 Å². The van der Waals surface area contributed by atoms with Gasteiger partial charge in [0, 0.05) is 0 Å². The Bertz CT molecular complexity index is 1770. The van der Waals surface area contributed by atoms with E-state index in [4.69, 9.17) is 28.4 Å². The van der Waals surface area contributed by atoms with Gasteiger partial charge in [-0.3, -0.25) is 5.26 Å². The second-order valence-electron chi connectivity index (χ2n) is 23.5. The minimum absolute atomic E-state index is 0.124. The lowest BCUT2D eigenvalue weighted by atomic mass is 9.35. The summed E-state index contributed by atoms with van der Waals surface area (Å²) in [6.07, 6.45) is -20.2. The first kappa shape index (κ1) is 55.6. The maximum atomic E-state index is 12.7. The Kier molecular flexibility index (Phi) is 16.3. The van der Waals surface area contributed by atoms with Crippen LogP contribution in [0.2, 0.25) is 0 Å². The summed E-state index contributed by atoms with van der Waals surface area (Å²) in [6, 6.07) is 0. The Balaban J connectivity index is 1.16. The molecule has 3 saturated heterocycles. The van der Waals surface area contributed by atoms with Crippen LogP contribution in [0, 0.1) is 45.3 Å². The summed E-state index contributed by atoms with van der Waals surface area (Å²) in [4.78, 5) is 4.66. The molecular formula is C48H82O21. The van der Waals surface area contributed by atoms with E-state index < -0.39 is 163 Å². The second kappa shape index (κ2) is 20.2. The highest BCUT2D eigenvalue weighted by Crippen LogP contribution is 2.76. The molecule has 3 heterocycles. The molecule has 0 spiro atoms. The van der Waals surface area contributed by atoms with Crippen molar-refractivity contribution >= 4 is 0 Å². The molecule has 21 heteroatoms. The highest BCUT2D eigenvalue weighted by atomic mass is 17.1. The van der Waals surface area contributed by atoms with Crippen LogP contribution in [0.5, 0.6) is 0 Å². The normalized spacial score (nSPS) is 52.2. The van der Waals surface area contributed by atoms with Crippen molar-refractivity contribution in [1.82, 2.24) is 0 Å². The summed E-state index contributed by atoms with van der Waals surface area (Å²) in [6.45, 7) is 13.7. The van der Waals surface area contributed by atoms with Gasteiger partial charge in [-0.15, -0.1) is 0 Å². The highest BCUT2D eigenvalue weighted by Gasteiger charge is 2.73. The minimum Gasteiger partial charge on any atom is -0.394 e. The van der Waals surface area contributed by atoms with Gasteiger partial charge in [-0.25, -0.2) is 4.89 Å². The van der Waals surface area contributed by atoms with Crippen molar-refractivity contribution in [2.75, 3.05) is 19.8 Å². The zero-order valence-corrected chi connectivity index (χ0v) is 41.0. The molecule has 0 radical (unpaired) electrons. The van der Waals surface area contributed by atoms with Gasteiger partial charge in [-0.1, -0.05) is 46.8 Å². The van der Waals surface area contributed by atoms with Crippen LogP contribution in [0.3, 0.4) is 0 Å². The number of fused-ring (bicyclic) bond motifs is 5. The van der Waals surface area contributed by atoms with Crippen molar-refractivity contribution in [1.29, 1.82) is 0 Å². The molecule has 7 rings (SSSR count). The van der Waals surface area contributed by atoms with E-state index >= 15 is 0 Å². The smallest absolute Gasteiger partial charge is 0.187 e. The number of hydrogen-bond acceptors (Lipinski definition) is 21. The fraction of sp³-hybridized carbons (Fsp3) is 0.958. The lowest BCUT2D eigenvalue weighted by Crippen LogP contribution is -2.70. The van der Waals surface area contributed by atoms with Crippen LogP contribution >= 0.6 is 0 Å². The van der Waals surface area contributed by atoms with Gasteiger partial charge in [-0.05, 0) is 111 Å². The first-order valence-corrected chi connectivity index (χ1v) is 24.7. The molecule has 0 aromatic carbocycles. The number of rotatable bonds is 14. The van der Waals surface area contributed by atoms with E-state index in [1.807, 2.05) is 20.8 Å². The van der Waals surface area contributed by atoms with Crippen LogP contribution in [-0.4, -0.2) is 213 Å². The molecule has 7 fully saturated rings. The zero-order valence-electron chi connectivity index (χ0n) is 41.0. The Labute approximate surface area is 403 Å². The van der Waals surface area contributed by atoms with Crippen molar-refractivity contribution < 1.29 is 105 Å². The van der Waals surface area contributed by atoms with E-state index in [0.29, 0.717) is 25.7 Å². The predicted molar refractivity (Wildman–Crippen MR) is 238 cm³/mol. The maximum Gasteiger partial charge on any atom is 0.187 e. The summed E-state index contributed by atoms with van der Waals surface area (Å²) < 4.78 is 36.8. The van der Waals surface area contributed by atoms with E-state index in [1.54, 1.807) is 26.0 Å². The van der Waals surface area contributed by atoms with Gasteiger partial charge in [0.05, 0.1) is 43.7 Å². The molecule has 400 valence electrons. The monoisotopic (exact) mass is 995 g/mol. The molecule has 0 amide bonds. The summed E-state index contributed by atoms with van der Waals surface area (Å²) in [5.74, 6) is -0.960. The molecule has 0 aromatic rings. The largest absolute Gasteiger partial charge is 0.394 e. The van der Waals surface area contributed by atoms with Crippen LogP contribution < -0.4 is 0 Å². The average molecular weight is 995 g/mol. The topological polar surface area (TPSA) is 348 Å². The number of ether oxygens (including phenoxy) is 6. The molecular weight excluding hydrogens is 913 g/mol. The first-order chi connectivity index (χ1) is 32.1. The molecule has 69 heavy (non-hydrogen) atoms. The Morgan fingerprint density at radius 3 is 1.68 bits per heavy atom. The summed E-state index contributed by atoms with van der Waals surface area (Å²) in [5.41, 5.74) is -4.57. The van der Waals surface area contributed by atoms with Crippen LogP contribution in [0.15, 0.2) is 12.2 Å².